The average molecular weight is 381 g/mol. The number of nitrogens with zero attached hydrogens (tertiary/aromatic N) is 4. The molecule has 6 nitrogen and oxygen atoms in total. The van der Waals surface area contributed by atoms with Crippen molar-refractivity contribution in [3.8, 4) is 16.9 Å². The lowest BCUT2D eigenvalue weighted by molar-refractivity contribution is -0.116. The number of hydrogen-bond donors (Lipinski definition) is 1. The standard InChI is InChI=1S/C23H19N5O/c29-22(26-16-18-8-12-24-13-9-18)7-6-20-17-28(21-4-2-1-3-5-21)27-23(20)19-10-14-25-15-11-19/h1-15,17H,16H2,(H,26,29)/b7-6+. The fourth-order valence-corrected chi connectivity index (χ4v) is 2.87. The van der Waals surface area contributed by atoms with E-state index in [1.54, 1.807) is 30.9 Å². The van der Waals surface area contributed by atoms with Gasteiger partial charge in [0.2, 0.25) is 5.91 Å². The van der Waals surface area contributed by atoms with E-state index in [1.165, 1.54) is 6.08 Å². The molecular weight excluding hydrogens is 362 g/mol. The van der Waals surface area contributed by atoms with Gasteiger partial charge in [0.15, 0.2) is 0 Å². The molecule has 3 aromatic heterocycles. The van der Waals surface area contributed by atoms with Crippen molar-refractivity contribution in [1.82, 2.24) is 25.1 Å². The monoisotopic (exact) mass is 381 g/mol. The lowest BCUT2D eigenvalue weighted by atomic mass is 10.1. The second kappa shape index (κ2) is 8.75. The van der Waals surface area contributed by atoms with Crippen molar-refractivity contribution < 1.29 is 4.79 Å². The lowest BCUT2D eigenvalue weighted by Gasteiger charge is -2.01. The van der Waals surface area contributed by atoms with E-state index in [-0.39, 0.29) is 5.91 Å². The highest BCUT2D eigenvalue weighted by atomic mass is 16.1. The summed E-state index contributed by atoms with van der Waals surface area (Å²) in [5, 5.41) is 7.60. The number of nitrogens with one attached hydrogen (secondary N) is 1. The fourth-order valence-electron chi connectivity index (χ4n) is 2.87. The van der Waals surface area contributed by atoms with Crippen LogP contribution in [0.25, 0.3) is 23.0 Å². The molecule has 6 heteroatoms. The Kier molecular flexibility index (Phi) is 5.53. The van der Waals surface area contributed by atoms with Gasteiger partial charge in [-0.3, -0.25) is 14.8 Å². The first-order valence-electron chi connectivity index (χ1n) is 9.20. The SMILES string of the molecule is O=C(/C=C/c1cn(-c2ccccc2)nc1-c1ccncc1)NCc1ccncc1. The molecule has 3 heterocycles. The highest BCUT2D eigenvalue weighted by molar-refractivity contribution is 5.92. The van der Waals surface area contributed by atoms with Crippen LogP contribution in [0.4, 0.5) is 0 Å². The maximum atomic E-state index is 12.3. The van der Waals surface area contributed by atoms with Gasteiger partial charge in [-0.25, -0.2) is 4.68 Å². The highest BCUT2D eigenvalue weighted by Gasteiger charge is 2.10. The Labute approximate surface area is 168 Å². The Hall–Kier alpha value is -4.06. The van der Waals surface area contributed by atoms with Crippen molar-refractivity contribution in [1.29, 1.82) is 0 Å². The maximum Gasteiger partial charge on any atom is 0.244 e. The van der Waals surface area contributed by atoms with Crippen LogP contribution in [-0.2, 0) is 11.3 Å². The zero-order valence-electron chi connectivity index (χ0n) is 15.6. The maximum absolute atomic E-state index is 12.3. The minimum Gasteiger partial charge on any atom is -0.348 e. The molecule has 0 radical (unpaired) electrons. The van der Waals surface area contributed by atoms with Crippen LogP contribution in [0.2, 0.25) is 0 Å². The van der Waals surface area contributed by atoms with Crippen molar-refractivity contribution in [2.45, 2.75) is 6.54 Å². The van der Waals surface area contributed by atoms with Gasteiger partial charge in [-0.1, -0.05) is 18.2 Å². The number of hydrogen-bond acceptors (Lipinski definition) is 4. The van der Waals surface area contributed by atoms with E-state index in [9.17, 15) is 4.79 Å². The Morgan fingerprint density at radius 2 is 1.62 bits per heavy atom. The Morgan fingerprint density at radius 1 is 0.931 bits per heavy atom. The van der Waals surface area contributed by atoms with E-state index in [2.05, 4.69) is 15.3 Å². The summed E-state index contributed by atoms with van der Waals surface area (Å²) in [7, 11) is 0. The number of para-hydroxylation sites is 1. The normalized spacial score (nSPS) is 10.9. The number of pyridine rings is 2. The second-order valence-electron chi connectivity index (χ2n) is 6.36. The molecule has 142 valence electrons. The first-order valence-corrected chi connectivity index (χ1v) is 9.20. The van der Waals surface area contributed by atoms with Crippen molar-refractivity contribution in [2.24, 2.45) is 0 Å². The molecule has 29 heavy (non-hydrogen) atoms. The molecule has 0 saturated carbocycles. The predicted molar refractivity (Wildman–Crippen MR) is 112 cm³/mol. The number of benzene rings is 1. The molecule has 4 rings (SSSR count). The molecule has 0 atom stereocenters. The van der Waals surface area contributed by atoms with Crippen molar-refractivity contribution in [2.75, 3.05) is 0 Å². The zero-order valence-corrected chi connectivity index (χ0v) is 15.6. The van der Waals surface area contributed by atoms with Gasteiger partial charge in [0.05, 0.1) is 5.69 Å². The van der Waals surface area contributed by atoms with Crippen molar-refractivity contribution >= 4 is 12.0 Å². The van der Waals surface area contributed by atoms with Crippen molar-refractivity contribution in [3.05, 3.63) is 103 Å². The number of aromatic nitrogens is 4. The number of amides is 1. The van der Waals surface area contributed by atoms with Gasteiger partial charge in [-0.05, 0) is 48.0 Å². The van der Waals surface area contributed by atoms with Gasteiger partial charge in [0.25, 0.3) is 0 Å². The van der Waals surface area contributed by atoms with Crippen LogP contribution in [0.1, 0.15) is 11.1 Å². The molecule has 4 aromatic rings. The molecule has 0 unspecified atom stereocenters. The van der Waals surface area contributed by atoms with E-state index in [0.29, 0.717) is 6.54 Å². The van der Waals surface area contributed by atoms with Crippen LogP contribution >= 0.6 is 0 Å². The van der Waals surface area contributed by atoms with Crippen molar-refractivity contribution in [3.63, 3.8) is 0 Å². The molecule has 0 saturated heterocycles. The molecule has 0 fully saturated rings. The number of carbonyl (C=O) groups excluding carboxylic acids is 1. The van der Waals surface area contributed by atoms with E-state index in [0.717, 1.165) is 28.1 Å². The molecule has 1 amide bonds. The highest BCUT2D eigenvalue weighted by Crippen LogP contribution is 2.24. The minimum absolute atomic E-state index is 0.171. The third kappa shape index (κ3) is 4.62. The number of rotatable bonds is 6. The van der Waals surface area contributed by atoms with Gasteiger partial charge < -0.3 is 5.32 Å². The van der Waals surface area contributed by atoms with E-state index in [1.807, 2.05) is 65.5 Å². The predicted octanol–water partition coefficient (Wildman–Crippen LogP) is 3.66. The molecule has 0 aliphatic rings. The van der Waals surface area contributed by atoms with E-state index in [4.69, 9.17) is 5.10 Å². The minimum atomic E-state index is -0.171. The fraction of sp³-hybridized carbons (Fsp3) is 0.0435. The van der Waals surface area contributed by atoms with Gasteiger partial charge in [0, 0.05) is 54.7 Å². The van der Waals surface area contributed by atoms with Gasteiger partial charge in [-0.2, -0.15) is 5.10 Å². The van der Waals surface area contributed by atoms with Gasteiger partial charge >= 0.3 is 0 Å². The van der Waals surface area contributed by atoms with Gasteiger partial charge in [-0.15, -0.1) is 0 Å². The van der Waals surface area contributed by atoms with Crippen LogP contribution in [0.5, 0.6) is 0 Å². The van der Waals surface area contributed by atoms with E-state index >= 15 is 0 Å². The smallest absolute Gasteiger partial charge is 0.244 e. The van der Waals surface area contributed by atoms with Crippen LogP contribution in [-0.4, -0.2) is 25.7 Å². The largest absolute Gasteiger partial charge is 0.348 e. The summed E-state index contributed by atoms with van der Waals surface area (Å²) in [6.45, 7) is 0.451. The summed E-state index contributed by atoms with van der Waals surface area (Å²) in [6, 6.07) is 17.4. The van der Waals surface area contributed by atoms with Crippen LogP contribution in [0.3, 0.4) is 0 Å². The summed E-state index contributed by atoms with van der Waals surface area (Å²) < 4.78 is 1.81. The molecule has 0 aliphatic carbocycles. The topological polar surface area (TPSA) is 72.7 Å². The average Bonchev–Trinajstić information content (AvgIpc) is 3.22. The summed E-state index contributed by atoms with van der Waals surface area (Å²) >= 11 is 0. The second-order valence-corrected chi connectivity index (χ2v) is 6.36. The molecular formula is C23H19N5O. The van der Waals surface area contributed by atoms with Crippen LogP contribution < -0.4 is 5.32 Å². The summed E-state index contributed by atoms with van der Waals surface area (Å²) in [5.74, 6) is -0.171. The quantitative estimate of drug-likeness (QED) is 0.518. The molecule has 1 N–H and O–H groups in total. The molecule has 0 aliphatic heterocycles. The first kappa shape index (κ1) is 18.3. The lowest BCUT2D eigenvalue weighted by Crippen LogP contribution is -2.20. The third-order valence-electron chi connectivity index (χ3n) is 4.35. The van der Waals surface area contributed by atoms with E-state index < -0.39 is 0 Å². The summed E-state index contributed by atoms with van der Waals surface area (Å²) in [6.07, 6.45) is 12.1. The third-order valence-corrected chi connectivity index (χ3v) is 4.35. The first-order chi connectivity index (χ1) is 14.3. The Balaban J connectivity index is 1.57. The zero-order chi connectivity index (χ0) is 19.9. The number of carbonyl (C=O) groups is 1. The Bertz CT molecular complexity index is 1110. The summed E-state index contributed by atoms with van der Waals surface area (Å²) in [5.41, 5.74) is 4.51. The van der Waals surface area contributed by atoms with Crippen LogP contribution in [0.15, 0.2) is 91.7 Å². The van der Waals surface area contributed by atoms with Gasteiger partial charge in [0.1, 0.15) is 5.69 Å². The molecule has 0 bridgehead atoms. The Morgan fingerprint density at radius 3 is 2.34 bits per heavy atom. The summed E-state index contributed by atoms with van der Waals surface area (Å²) in [4.78, 5) is 20.3. The molecule has 1 aromatic carbocycles. The van der Waals surface area contributed by atoms with Crippen LogP contribution in [0, 0.1) is 0 Å². The molecule has 0 spiro atoms.